The summed E-state index contributed by atoms with van der Waals surface area (Å²) in [7, 11) is 0. The van der Waals surface area contributed by atoms with Crippen LogP contribution in [-0.4, -0.2) is 11.2 Å². The molecule has 0 spiro atoms. The van der Waals surface area contributed by atoms with Gasteiger partial charge in [0, 0.05) is 23.7 Å². The van der Waals surface area contributed by atoms with Crippen LogP contribution < -0.4 is 5.56 Å². The van der Waals surface area contributed by atoms with Gasteiger partial charge in [0.1, 0.15) is 0 Å². The number of unbranched alkanes of at least 4 members (excludes halogenated alkanes) is 1. The van der Waals surface area contributed by atoms with Gasteiger partial charge in [-0.3, -0.25) is 4.79 Å². The van der Waals surface area contributed by atoms with Crippen molar-refractivity contribution in [1.82, 2.24) is 4.57 Å². The lowest BCUT2D eigenvalue weighted by molar-refractivity contribution is 0.0480. The van der Waals surface area contributed by atoms with Crippen molar-refractivity contribution < 1.29 is 4.74 Å². The van der Waals surface area contributed by atoms with Gasteiger partial charge in [-0.15, -0.1) is 0 Å². The summed E-state index contributed by atoms with van der Waals surface area (Å²) in [5.74, 6) is 0. The maximum absolute atomic E-state index is 12.6. The number of benzene rings is 1. The highest BCUT2D eigenvalue weighted by molar-refractivity contribution is 5.18. The van der Waals surface area contributed by atoms with E-state index in [-0.39, 0.29) is 11.0 Å². The minimum Gasteiger partial charge on any atom is -0.376 e. The van der Waals surface area contributed by atoms with Gasteiger partial charge in [0.25, 0.3) is 5.56 Å². The molecule has 0 radical (unpaired) electrons. The molecule has 0 saturated carbocycles. The first-order valence-corrected chi connectivity index (χ1v) is 9.87. The number of hydrogen-bond donors (Lipinski definition) is 0. The molecule has 0 fully saturated rings. The standard InChI is InChI=1S/C24H29NO2/c1-2-3-13-22-14-10-15-23(26)25(22)19-24(16-8-5-9-17-24)20-27-18-21-11-6-4-7-12-21/h4-12,14-16H,2-3,13,17-20H2,1H3. The van der Waals surface area contributed by atoms with Crippen molar-refractivity contribution in [1.29, 1.82) is 0 Å². The molecule has 0 N–H and O–H groups in total. The predicted octanol–water partition coefficient (Wildman–Crippen LogP) is 4.91. The van der Waals surface area contributed by atoms with E-state index in [0.29, 0.717) is 19.8 Å². The van der Waals surface area contributed by atoms with E-state index in [4.69, 9.17) is 4.74 Å². The summed E-state index contributed by atoms with van der Waals surface area (Å²) in [6.07, 6.45) is 12.6. The van der Waals surface area contributed by atoms with Crippen LogP contribution in [0.2, 0.25) is 0 Å². The van der Waals surface area contributed by atoms with Gasteiger partial charge >= 0.3 is 0 Å². The van der Waals surface area contributed by atoms with Gasteiger partial charge in [0.15, 0.2) is 0 Å². The number of ether oxygens (including phenoxy) is 1. The van der Waals surface area contributed by atoms with Crippen molar-refractivity contribution in [2.45, 2.75) is 45.8 Å². The largest absolute Gasteiger partial charge is 0.376 e. The van der Waals surface area contributed by atoms with Crippen LogP contribution in [0.15, 0.2) is 77.6 Å². The molecule has 0 bridgehead atoms. The zero-order valence-electron chi connectivity index (χ0n) is 16.1. The maximum Gasteiger partial charge on any atom is 0.250 e. The average molecular weight is 364 g/mol. The predicted molar refractivity (Wildman–Crippen MR) is 111 cm³/mol. The zero-order chi connectivity index (χ0) is 19.0. The molecule has 0 aliphatic heterocycles. The van der Waals surface area contributed by atoms with Gasteiger partial charge in [-0.25, -0.2) is 0 Å². The van der Waals surface area contributed by atoms with Gasteiger partial charge in [-0.1, -0.05) is 74.0 Å². The van der Waals surface area contributed by atoms with Crippen LogP contribution >= 0.6 is 0 Å². The average Bonchev–Trinajstić information content (AvgIpc) is 2.70. The highest BCUT2D eigenvalue weighted by Crippen LogP contribution is 2.31. The summed E-state index contributed by atoms with van der Waals surface area (Å²) in [5, 5.41) is 0. The van der Waals surface area contributed by atoms with Crippen molar-refractivity contribution in [2.75, 3.05) is 6.61 Å². The summed E-state index contributed by atoms with van der Waals surface area (Å²) >= 11 is 0. The fourth-order valence-electron chi connectivity index (χ4n) is 3.56. The lowest BCUT2D eigenvalue weighted by Gasteiger charge is -2.32. The van der Waals surface area contributed by atoms with Gasteiger partial charge in [0.2, 0.25) is 0 Å². The van der Waals surface area contributed by atoms with E-state index < -0.39 is 0 Å². The Morgan fingerprint density at radius 1 is 1.07 bits per heavy atom. The molecule has 2 aromatic rings. The number of hydrogen-bond acceptors (Lipinski definition) is 2. The third-order valence-electron chi connectivity index (χ3n) is 5.12. The third-order valence-corrected chi connectivity index (χ3v) is 5.12. The van der Waals surface area contributed by atoms with Crippen molar-refractivity contribution in [2.24, 2.45) is 5.41 Å². The molecule has 142 valence electrons. The minimum absolute atomic E-state index is 0.0778. The smallest absolute Gasteiger partial charge is 0.250 e. The summed E-state index contributed by atoms with van der Waals surface area (Å²) in [6.45, 7) is 4.02. The zero-order valence-corrected chi connectivity index (χ0v) is 16.1. The molecule has 3 heteroatoms. The Balaban J connectivity index is 1.76. The molecule has 0 amide bonds. The maximum atomic E-state index is 12.6. The number of nitrogens with zero attached hydrogens (tertiary/aromatic N) is 1. The van der Waals surface area contributed by atoms with Crippen molar-refractivity contribution in [3.8, 4) is 0 Å². The van der Waals surface area contributed by atoms with Crippen LogP contribution in [0.3, 0.4) is 0 Å². The molecule has 1 aliphatic rings. The quantitative estimate of drug-likeness (QED) is 0.634. The second kappa shape index (κ2) is 9.52. The monoisotopic (exact) mass is 363 g/mol. The van der Waals surface area contributed by atoms with Gasteiger partial charge < -0.3 is 9.30 Å². The van der Waals surface area contributed by atoms with Gasteiger partial charge in [-0.2, -0.15) is 0 Å². The number of aryl methyl sites for hydroxylation is 1. The Bertz CT molecular complexity index is 835. The minimum atomic E-state index is -0.185. The fraction of sp³-hybridized carbons (Fsp3) is 0.375. The van der Waals surface area contributed by atoms with Gasteiger partial charge in [-0.05, 0) is 30.9 Å². The Hall–Kier alpha value is -2.39. The first kappa shape index (κ1) is 19.4. The lowest BCUT2D eigenvalue weighted by atomic mass is 9.82. The molecule has 3 rings (SSSR count). The van der Waals surface area contributed by atoms with Crippen LogP contribution in [0.25, 0.3) is 0 Å². The number of pyridine rings is 1. The van der Waals surface area contributed by atoms with E-state index in [1.54, 1.807) is 6.07 Å². The van der Waals surface area contributed by atoms with E-state index in [2.05, 4.69) is 49.4 Å². The molecule has 1 aliphatic carbocycles. The van der Waals surface area contributed by atoms with Crippen LogP contribution in [-0.2, 0) is 24.3 Å². The SMILES string of the molecule is CCCCc1cccc(=O)n1CC1(COCc2ccccc2)C=CC=CC1. The summed E-state index contributed by atoms with van der Waals surface area (Å²) in [6, 6.07) is 15.8. The second-order valence-electron chi connectivity index (χ2n) is 7.38. The number of rotatable bonds is 9. The van der Waals surface area contributed by atoms with Crippen molar-refractivity contribution >= 4 is 0 Å². The molecular weight excluding hydrogens is 334 g/mol. The van der Waals surface area contributed by atoms with Crippen molar-refractivity contribution in [3.05, 3.63) is 94.4 Å². The normalized spacial score (nSPS) is 18.7. The highest BCUT2D eigenvalue weighted by Gasteiger charge is 2.29. The van der Waals surface area contributed by atoms with E-state index in [1.165, 1.54) is 5.56 Å². The van der Waals surface area contributed by atoms with E-state index >= 15 is 0 Å². The lowest BCUT2D eigenvalue weighted by Crippen LogP contribution is -2.36. The van der Waals surface area contributed by atoms with Crippen LogP contribution in [0, 0.1) is 5.41 Å². The van der Waals surface area contributed by atoms with Crippen LogP contribution in [0.4, 0.5) is 0 Å². The Labute approximate surface area is 162 Å². The van der Waals surface area contributed by atoms with E-state index in [0.717, 1.165) is 31.4 Å². The molecule has 1 aromatic heterocycles. The number of allylic oxidation sites excluding steroid dienone is 3. The Kier molecular flexibility index (Phi) is 6.83. The summed E-state index contributed by atoms with van der Waals surface area (Å²) in [4.78, 5) is 12.6. The summed E-state index contributed by atoms with van der Waals surface area (Å²) < 4.78 is 8.04. The molecular formula is C24H29NO2. The van der Waals surface area contributed by atoms with Crippen molar-refractivity contribution in [3.63, 3.8) is 0 Å². The topological polar surface area (TPSA) is 31.2 Å². The second-order valence-corrected chi connectivity index (χ2v) is 7.38. The first-order chi connectivity index (χ1) is 13.2. The third kappa shape index (κ3) is 5.30. The first-order valence-electron chi connectivity index (χ1n) is 9.87. The summed E-state index contributed by atoms with van der Waals surface area (Å²) in [5.41, 5.74) is 2.18. The fourth-order valence-corrected chi connectivity index (χ4v) is 3.56. The Morgan fingerprint density at radius 3 is 2.67 bits per heavy atom. The molecule has 0 saturated heterocycles. The molecule has 1 aromatic carbocycles. The highest BCUT2D eigenvalue weighted by atomic mass is 16.5. The van der Waals surface area contributed by atoms with Crippen LogP contribution in [0.5, 0.6) is 0 Å². The van der Waals surface area contributed by atoms with Gasteiger partial charge in [0.05, 0.1) is 13.2 Å². The molecule has 3 nitrogen and oxygen atoms in total. The number of aromatic nitrogens is 1. The molecule has 1 atom stereocenters. The van der Waals surface area contributed by atoms with E-state index in [1.807, 2.05) is 28.8 Å². The molecule has 1 heterocycles. The molecule has 27 heavy (non-hydrogen) atoms. The molecule has 1 unspecified atom stereocenters. The van der Waals surface area contributed by atoms with E-state index in [9.17, 15) is 4.79 Å². The Morgan fingerprint density at radius 2 is 1.93 bits per heavy atom. The van der Waals surface area contributed by atoms with Crippen LogP contribution in [0.1, 0.15) is 37.4 Å².